The summed E-state index contributed by atoms with van der Waals surface area (Å²) >= 11 is 0. The maximum atomic E-state index is 11.3. The molecule has 9 heteroatoms. The van der Waals surface area contributed by atoms with Crippen molar-refractivity contribution >= 4 is 10.4 Å². The second-order valence-corrected chi connectivity index (χ2v) is 16.7. The van der Waals surface area contributed by atoms with Gasteiger partial charge in [0.1, 0.15) is 6.10 Å². The summed E-state index contributed by atoms with van der Waals surface area (Å²) in [6.07, 6.45) is 16.2. The van der Waals surface area contributed by atoms with Crippen molar-refractivity contribution in [2.75, 3.05) is 26.2 Å². The van der Waals surface area contributed by atoms with Crippen molar-refractivity contribution in [3.8, 4) is 0 Å². The maximum absolute atomic E-state index is 11.3. The zero-order valence-electron chi connectivity index (χ0n) is 27.7. The van der Waals surface area contributed by atoms with Crippen LogP contribution < -0.4 is 16.4 Å². The molecule has 4 rings (SSSR count). The predicted octanol–water partition coefficient (Wildman–Crippen LogP) is 5.70. The Kier molecular flexibility index (Phi) is 12.8. The number of rotatable bonds is 17. The largest absolute Gasteiger partial charge is 0.397 e. The Bertz CT molecular complexity index is 966. The molecular weight excluding hydrogens is 562 g/mol. The Morgan fingerprint density at radius 1 is 0.884 bits per heavy atom. The van der Waals surface area contributed by atoms with Crippen LogP contribution in [0, 0.1) is 46.3 Å². The van der Waals surface area contributed by atoms with Crippen molar-refractivity contribution in [3.05, 3.63) is 0 Å². The van der Waals surface area contributed by atoms with Gasteiger partial charge in [-0.2, -0.15) is 8.42 Å². The lowest BCUT2D eigenvalue weighted by molar-refractivity contribution is -0.118. The van der Waals surface area contributed by atoms with Crippen LogP contribution in [-0.2, 0) is 14.6 Å². The summed E-state index contributed by atoms with van der Waals surface area (Å²) in [6.45, 7) is 13.2. The summed E-state index contributed by atoms with van der Waals surface area (Å²) in [6, 6.07) is 0.688. The van der Waals surface area contributed by atoms with Gasteiger partial charge in [0, 0.05) is 6.04 Å². The Balaban J connectivity index is 1.26. The molecule has 0 spiro atoms. The highest BCUT2D eigenvalue weighted by Crippen LogP contribution is 2.68. The van der Waals surface area contributed by atoms with Crippen LogP contribution in [-0.4, -0.2) is 62.5 Å². The molecule has 252 valence electrons. The zero-order valence-corrected chi connectivity index (χ0v) is 28.6. The first-order valence-electron chi connectivity index (χ1n) is 17.9. The normalized spacial score (nSPS) is 38.1. The van der Waals surface area contributed by atoms with Crippen molar-refractivity contribution in [1.29, 1.82) is 0 Å². The van der Waals surface area contributed by atoms with Crippen molar-refractivity contribution in [3.63, 3.8) is 0 Å². The third-order valence-electron chi connectivity index (χ3n) is 13.1. The Morgan fingerprint density at radius 3 is 2.26 bits per heavy atom. The highest BCUT2D eigenvalue weighted by molar-refractivity contribution is 7.80. The number of fused-ring (bicyclic) bond motifs is 5. The van der Waals surface area contributed by atoms with Crippen LogP contribution in [0.2, 0.25) is 0 Å². The van der Waals surface area contributed by atoms with Crippen LogP contribution in [0.5, 0.6) is 0 Å². The number of nitrogens with one attached hydrogen (secondary N) is 2. The van der Waals surface area contributed by atoms with E-state index in [-0.39, 0.29) is 0 Å². The Labute approximate surface area is 263 Å². The van der Waals surface area contributed by atoms with Gasteiger partial charge < -0.3 is 21.5 Å². The lowest BCUT2D eigenvalue weighted by atomic mass is 9.44. The molecule has 4 saturated carbocycles. The predicted molar refractivity (Wildman–Crippen MR) is 174 cm³/mol. The van der Waals surface area contributed by atoms with Crippen LogP contribution in [0.3, 0.4) is 0 Å². The van der Waals surface area contributed by atoms with Gasteiger partial charge in [-0.1, -0.05) is 20.8 Å². The molecule has 4 aliphatic rings. The maximum Gasteiger partial charge on any atom is 0.397 e. The van der Waals surface area contributed by atoms with Crippen LogP contribution in [0.15, 0.2) is 0 Å². The summed E-state index contributed by atoms with van der Waals surface area (Å²) < 4.78 is 36.6. The van der Waals surface area contributed by atoms with E-state index in [0.717, 1.165) is 62.7 Å². The molecule has 4 fully saturated rings. The van der Waals surface area contributed by atoms with Crippen LogP contribution in [0.4, 0.5) is 0 Å². The average Bonchev–Trinajstić information content (AvgIpc) is 3.31. The van der Waals surface area contributed by atoms with Gasteiger partial charge in [-0.05, 0) is 176 Å². The number of unbranched alkanes of at least 4 members (excludes halogenated alkanes) is 2. The minimum atomic E-state index is -4.58. The number of hydrogen-bond donors (Lipinski definition) is 5. The Morgan fingerprint density at radius 2 is 1.56 bits per heavy atom. The van der Waals surface area contributed by atoms with Gasteiger partial charge in [0.25, 0.3) is 0 Å². The minimum absolute atomic E-state index is 0.339. The van der Waals surface area contributed by atoms with Gasteiger partial charge in [0.2, 0.25) is 0 Å². The van der Waals surface area contributed by atoms with Crippen molar-refractivity contribution in [2.24, 2.45) is 52.1 Å². The topological polar surface area (TPSA) is 134 Å². The van der Waals surface area contributed by atoms with Crippen LogP contribution in [0.1, 0.15) is 124 Å². The van der Waals surface area contributed by atoms with E-state index in [2.05, 4.69) is 31.4 Å². The molecule has 0 amide bonds. The molecule has 0 aromatic heterocycles. The highest BCUT2D eigenvalue weighted by Gasteiger charge is 2.60. The van der Waals surface area contributed by atoms with E-state index in [1.807, 2.05) is 0 Å². The summed E-state index contributed by atoms with van der Waals surface area (Å²) in [4.78, 5) is 0. The third-order valence-corrected chi connectivity index (χ3v) is 13.6. The molecule has 0 radical (unpaired) electrons. The molecule has 6 N–H and O–H groups in total. The monoisotopic (exact) mass is 627 g/mol. The second-order valence-electron chi connectivity index (χ2n) is 15.6. The number of nitrogens with two attached hydrogens (primary N) is 1. The van der Waals surface area contributed by atoms with Gasteiger partial charge in [-0.15, -0.1) is 0 Å². The summed E-state index contributed by atoms with van der Waals surface area (Å²) in [5.41, 5.74) is 6.40. The fraction of sp³-hybridized carbons (Fsp3) is 1.00. The van der Waals surface area contributed by atoms with Crippen LogP contribution in [0.25, 0.3) is 0 Å². The smallest absolute Gasteiger partial charge is 0.391 e. The molecule has 10 unspecified atom stereocenters. The molecule has 0 saturated heterocycles. The van der Waals surface area contributed by atoms with Crippen molar-refractivity contribution in [2.45, 2.75) is 142 Å². The summed E-state index contributed by atoms with van der Waals surface area (Å²) in [5, 5.41) is 17.5. The van der Waals surface area contributed by atoms with E-state index in [1.165, 1.54) is 84.0 Å². The van der Waals surface area contributed by atoms with Gasteiger partial charge in [0.15, 0.2) is 0 Å². The first kappa shape index (κ1) is 35.6. The molecular formula is C34H65N3O5S. The fourth-order valence-corrected chi connectivity index (χ4v) is 11.3. The molecule has 0 heterocycles. The van der Waals surface area contributed by atoms with Gasteiger partial charge >= 0.3 is 10.4 Å². The molecule has 0 aromatic rings. The van der Waals surface area contributed by atoms with E-state index in [0.29, 0.717) is 35.1 Å². The third kappa shape index (κ3) is 8.75. The fourth-order valence-electron chi connectivity index (χ4n) is 10.8. The van der Waals surface area contributed by atoms with Gasteiger partial charge in [0.05, 0.1) is 6.10 Å². The molecule has 4 aliphatic carbocycles. The molecule has 8 nitrogen and oxygen atoms in total. The van der Waals surface area contributed by atoms with E-state index >= 15 is 0 Å². The number of aliphatic hydroxyl groups is 1. The average molecular weight is 628 g/mol. The van der Waals surface area contributed by atoms with E-state index in [1.54, 1.807) is 0 Å². The standard InChI is InChI=1S/C34H65N3O5S/c1-24(9-14-32(25(2)38)42-43(39,40)41)29-12-13-30-28-11-10-26-23-27(37-22-8-7-21-36-20-6-5-19-35)15-17-33(26,3)31(28)16-18-34(29,30)4/h24-32,36-38H,5-23,35H2,1-4H3,(H,39,40,41)/t24-,25?,26?,27?,28?,29?,30?,31?,32?,33?,34?/m1/s1. The van der Waals surface area contributed by atoms with Crippen molar-refractivity contribution in [1.82, 2.24) is 10.6 Å². The first-order chi connectivity index (χ1) is 20.4. The number of hydrogen-bond acceptors (Lipinski definition) is 7. The molecule has 0 bridgehead atoms. The lowest BCUT2D eigenvalue weighted by Crippen LogP contribution is -2.55. The molecule has 0 aliphatic heterocycles. The molecule has 11 atom stereocenters. The lowest BCUT2D eigenvalue weighted by Gasteiger charge is -2.61. The minimum Gasteiger partial charge on any atom is -0.391 e. The second kappa shape index (κ2) is 15.5. The first-order valence-corrected chi connectivity index (χ1v) is 19.2. The summed E-state index contributed by atoms with van der Waals surface area (Å²) in [7, 11) is -4.58. The van der Waals surface area contributed by atoms with E-state index < -0.39 is 22.6 Å². The van der Waals surface area contributed by atoms with Crippen LogP contribution >= 0.6 is 0 Å². The molecule has 43 heavy (non-hydrogen) atoms. The summed E-state index contributed by atoms with van der Waals surface area (Å²) in [5.74, 6) is 4.38. The SMILES string of the molecule is CC(O)C(CC[C@@H](C)C1CCC2C3CCC4CC(NCCCCNCCCCN)CCC4(C)C3CCC21C)OS(=O)(=O)O. The number of aliphatic hydroxyl groups excluding tert-OH is 1. The quantitative estimate of drug-likeness (QED) is 0.103. The zero-order chi connectivity index (χ0) is 31.3. The van der Waals surface area contributed by atoms with Crippen molar-refractivity contribution < 1.29 is 22.3 Å². The van der Waals surface area contributed by atoms with E-state index in [4.69, 9.17) is 14.5 Å². The van der Waals surface area contributed by atoms with Gasteiger partial charge in [-0.3, -0.25) is 4.55 Å². The van der Waals surface area contributed by atoms with Gasteiger partial charge in [-0.25, -0.2) is 4.18 Å². The Hall–Kier alpha value is -0.290. The highest BCUT2D eigenvalue weighted by atomic mass is 32.3. The molecule has 0 aromatic carbocycles. The van der Waals surface area contributed by atoms with E-state index in [9.17, 15) is 13.5 Å².